The lowest BCUT2D eigenvalue weighted by molar-refractivity contribution is -0.137. The van der Waals surface area contributed by atoms with Crippen LogP contribution >= 0.6 is 0 Å². The maximum atomic E-state index is 12.8. The summed E-state index contributed by atoms with van der Waals surface area (Å²) in [5.74, 6) is -0.813. The maximum Gasteiger partial charge on any atom is 0.416 e. The molecule has 1 unspecified atom stereocenters. The summed E-state index contributed by atoms with van der Waals surface area (Å²) < 4.78 is 38.3. The predicted molar refractivity (Wildman–Crippen MR) is 96.3 cm³/mol. The molecule has 1 fully saturated rings. The Morgan fingerprint density at radius 2 is 2.04 bits per heavy atom. The molecular formula is C18H20F3N5O2. The van der Waals surface area contributed by atoms with E-state index in [4.69, 9.17) is 5.73 Å². The van der Waals surface area contributed by atoms with E-state index >= 15 is 0 Å². The van der Waals surface area contributed by atoms with E-state index < -0.39 is 29.1 Å². The van der Waals surface area contributed by atoms with Crippen LogP contribution in [0.5, 0.6) is 5.75 Å². The monoisotopic (exact) mass is 395 g/mol. The van der Waals surface area contributed by atoms with Crippen LogP contribution in [0.1, 0.15) is 30.4 Å². The minimum atomic E-state index is -4.55. The molecule has 28 heavy (non-hydrogen) atoms. The van der Waals surface area contributed by atoms with Crippen LogP contribution in [0.4, 0.5) is 19.0 Å². The van der Waals surface area contributed by atoms with Crippen molar-refractivity contribution in [3.05, 3.63) is 35.4 Å². The normalized spacial score (nSPS) is 20.0. The van der Waals surface area contributed by atoms with Crippen LogP contribution < -0.4 is 16.4 Å². The van der Waals surface area contributed by atoms with Gasteiger partial charge in [0, 0.05) is 5.56 Å². The summed E-state index contributed by atoms with van der Waals surface area (Å²) >= 11 is 0. The minimum Gasteiger partial charge on any atom is -0.507 e. The number of carbonyl (C=O) groups is 1. The van der Waals surface area contributed by atoms with Gasteiger partial charge in [0.05, 0.1) is 11.3 Å². The van der Waals surface area contributed by atoms with Crippen molar-refractivity contribution in [1.29, 1.82) is 0 Å². The van der Waals surface area contributed by atoms with Gasteiger partial charge in [-0.2, -0.15) is 13.2 Å². The van der Waals surface area contributed by atoms with Crippen molar-refractivity contribution >= 4 is 11.7 Å². The quantitative estimate of drug-likeness (QED) is 0.633. The molecule has 0 spiro atoms. The Morgan fingerprint density at radius 1 is 1.29 bits per heavy atom. The lowest BCUT2D eigenvalue weighted by Crippen LogP contribution is -2.63. The largest absolute Gasteiger partial charge is 0.507 e. The molecule has 150 valence electrons. The third-order valence-corrected chi connectivity index (χ3v) is 4.73. The van der Waals surface area contributed by atoms with Crippen LogP contribution in [0, 0.1) is 6.92 Å². The summed E-state index contributed by atoms with van der Waals surface area (Å²) in [6, 6.07) is 4.27. The number of hydrogen-bond acceptors (Lipinski definition) is 6. The highest BCUT2D eigenvalue weighted by Gasteiger charge is 2.38. The summed E-state index contributed by atoms with van der Waals surface area (Å²) in [4.78, 5) is 11.9. The fraction of sp³-hybridized carbons (Fsp3) is 0.389. The van der Waals surface area contributed by atoms with Gasteiger partial charge < -0.3 is 16.2 Å². The van der Waals surface area contributed by atoms with Gasteiger partial charge in [-0.1, -0.05) is 0 Å². The van der Waals surface area contributed by atoms with Crippen LogP contribution in [0.15, 0.2) is 24.3 Å². The first-order valence-corrected chi connectivity index (χ1v) is 8.70. The van der Waals surface area contributed by atoms with Crippen LogP contribution in [0.25, 0.3) is 11.3 Å². The summed E-state index contributed by atoms with van der Waals surface area (Å²) in [6.45, 7) is 2.30. The van der Waals surface area contributed by atoms with Gasteiger partial charge in [0.25, 0.3) is 5.91 Å². The Labute approximate surface area is 159 Å². The average molecular weight is 395 g/mol. The van der Waals surface area contributed by atoms with Crippen LogP contribution in [-0.4, -0.2) is 33.4 Å². The third-order valence-electron chi connectivity index (χ3n) is 4.73. The molecule has 7 nitrogen and oxygen atoms in total. The van der Waals surface area contributed by atoms with Gasteiger partial charge in [-0.3, -0.25) is 10.1 Å². The van der Waals surface area contributed by atoms with Crippen molar-refractivity contribution in [3.63, 3.8) is 0 Å². The van der Waals surface area contributed by atoms with Gasteiger partial charge in [-0.05, 0) is 62.6 Å². The predicted octanol–water partition coefficient (Wildman–Crippen LogP) is 2.54. The molecule has 1 saturated heterocycles. The Bertz CT molecular complexity index is 895. The molecule has 2 heterocycles. The fourth-order valence-electron chi connectivity index (χ4n) is 3.22. The number of benzene rings is 1. The summed E-state index contributed by atoms with van der Waals surface area (Å²) in [5, 5.41) is 24.1. The van der Waals surface area contributed by atoms with Crippen LogP contribution in [0.2, 0.25) is 0 Å². The molecule has 1 aliphatic rings. The first kappa shape index (κ1) is 19.9. The minimum absolute atomic E-state index is 0.130. The van der Waals surface area contributed by atoms with Gasteiger partial charge in [0.15, 0.2) is 11.5 Å². The Hall–Kier alpha value is -2.88. The molecule has 0 aliphatic carbocycles. The van der Waals surface area contributed by atoms with Crippen molar-refractivity contribution in [1.82, 2.24) is 15.5 Å². The third kappa shape index (κ3) is 3.86. The number of anilines is 1. The van der Waals surface area contributed by atoms with E-state index in [2.05, 4.69) is 20.8 Å². The number of phenolic OH excluding ortho intramolecular Hbond substituents is 1. The zero-order chi connectivity index (χ0) is 20.5. The molecule has 1 aromatic carbocycles. The van der Waals surface area contributed by atoms with Gasteiger partial charge in [0.2, 0.25) is 0 Å². The lowest BCUT2D eigenvalue weighted by Gasteiger charge is -2.36. The highest BCUT2D eigenvalue weighted by Crippen LogP contribution is 2.37. The number of aromatic nitrogens is 2. The molecule has 0 bridgehead atoms. The summed E-state index contributed by atoms with van der Waals surface area (Å²) in [5.41, 5.74) is 4.38. The molecule has 0 saturated carbocycles. The van der Waals surface area contributed by atoms with E-state index in [0.717, 1.165) is 25.0 Å². The number of aryl methyl sites for hydroxylation is 1. The van der Waals surface area contributed by atoms with Gasteiger partial charge in [0.1, 0.15) is 5.75 Å². The van der Waals surface area contributed by atoms with Crippen LogP contribution in [0.3, 0.4) is 0 Å². The van der Waals surface area contributed by atoms with E-state index in [0.29, 0.717) is 30.4 Å². The number of amides is 1. The number of halogens is 3. The van der Waals surface area contributed by atoms with Crippen molar-refractivity contribution in [3.8, 4) is 17.0 Å². The molecule has 1 atom stereocenters. The molecule has 10 heteroatoms. The number of nitrogens with zero attached hydrogens (tertiary/aromatic N) is 2. The van der Waals surface area contributed by atoms with Gasteiger partial charge in [-0.15, -0.1) is 10.2 Å². The second-order valence-corrected chi connectivity index (χ2v) is 6.77. The Balaban J connectivity index is 1.90. The highest BCUT2D eigenvalue weighted by atomic mass is 19.4. The smallest absolute Gasteiger partial charge is 0.416 e. The Morgan fingerprint density at radius 3 is 2.57 bits per heavy atom. The molecule has 2 aromatic rings. The number of phenols is 1. The van der Waals surface area contributed by atoms with E-state index in [1.807, 2.05) is 0 Å². The number of piperidine rings is 1. The first-order valence-electron chi connectivity index (χ1n) is 8.70. The van der Waals surface area contributed by atoms with Crippen molar-refractivity contribution in [2.75, 3.05) is 11.9 Å². The molecular weight excluding hydrogens is 375 g/mol. The van der Waals surface area contributed by atoms with Crippen molar-refractivity contribution < 1.29 is 23.1 Å². The molecule has 1 aliphatic heterocycles. The zero-order valence-electron chi connectivity index (χ0n) is 15.1. The maximum absolute atomic E-state index is 12.8. The number of aromatic hydroxyl groups is 1. The number of primary amides is 1. The second-order valence-electron chi connectivity index (χ2n) is 6.77. The van der Waals surface area contributed by atoms with Crippen LogP contribution in [-0.2, 0) is 11.0 Å². The number of rotatable bonds is 4. The zero-order valence-corrected chi connectivity index (χ0v) is 15.1. The van der Waals surface area contributed by atoms with Gasteiger partial charge >= 0.3 is 6.18 Å². The topological polar surface area (TPSA) is 113 Å². The number of carbonyl (C=O) groups excluding carboxylic acids is 1. The first-order chi connectivity index (χ1) is 13.1. The standard InChI is InChI=1S/C18H20F3N5O2/c1-10-8-14(24-17(16(22)28)6-2-3-7-23-17)25-26-15(10)12-5-4-11(9-13(12)27)18(19,20)21/h4-5,8-9,23,27H,2-3,6-7H2,1H3,(H2,22,28)(H,24,25). The van der Waals surface area contributed by atoms with Gasteiger partial charge in [-0.25, -0.2) is 0 Å². The fourth-order valence-corrected chi connectivity index (χ4v) is 3.22. The van der Waals surface area contributed by atoms with E-state index in [-0.39, 0.29) is 11.3 Å². The van der Waals surface area contributed by atoms with Crippen molar-refractivity contribution in [2.24, 2.45) is 5.73 Å². The summed E-state index contributed by atoms with van der Waals surface area (Å²) in [7, 11) is 0. The van der Waals surface area contributed by atoms with E-state index in [1.54, 1.807) is 13.0 Å². The highest BCUT2D eigenvalue weighted by molar-refractivity contribution is 5.87. The average Bonchev–Trinajstić information content (AvgIpc) is 2.62. The van der Waals surface area contributed by atoms with Crippen molar-refractivity contribution in [2.45, 2.75) is 38.0 Å². The van der Waals surface area contributed by atoms with E-state index in [9.17, 15) is 23.1 Å². The summed E-state index contributed by atoms with van der Waals surface area (Å²) in [6.07, 6.45) is -2.33. The molecule has 3 rings (SSSR count). The SMILES string of the molecule is Cc1cc(NC2(C(N)=O)CCCCN2)nnc1-c1ccc(C(F)(F)F)cc1O. The molecule has 1 aromatic heterocycles. The van der Waals surface area contributed by atoms with E-state index in [1.165, 1.54) is 0 Å². The molecule has 1 amide bonds. The Kier molecular flexibility index (Phi) is 5.16. The molecule has 0 radical (unpaired) electrons. The number of alkyl halides is 3. The number of nitrogens with one attached hydrogen (secondary N) is 2. The second kappa shape index (κ2) is 7.27. The number of hydrogen-bond donors (Lipinski definition) is 4. The number of nitrogens with two attached hydrogens (primary N) is 1. The molecule has 5 N–H and O–H groups in total. The lowest BCUT2D eigenvalue weighted by atomic mass is 9.96.